The van der Waals surface area contributed by atoms with Gasteiger partial charge in [0.2, 0.25) is 5.91 Å². The first-order valence-electron chi connectivity index (χ1n) is 17.0. The van der Waals surface area contributed by atoms with Gasteiger partial charge in [0.05, 0.1) is 36.6 Å². The standard InChI is InChI=1S/C38H42N4O8S.C2H2/c1-5-6-7-8-9-21-49-28-18-16-27(17-19-28)38(47)50-32-20-15-26(23-33(32)48-4)22-31(37(45)46)40-35(43)24(2)13-14-25(3)39-36(44)29-11-10-12-30-34(29)42-51-41-30;1-2/h10-20,23,31H,5-9,21-22H2,1-4H3,(H,39,44)(H,40,43)(H,45,46);1-2H/b24-13+,25-14+;. The van der Waals surface area contributed by atoms with Crippen LogP contribution >= 0.6 is 11.7 Å². The number of nitrogens with one attached hydrogen (secondary N) is 2. The first-order valence-corrected chi connectivity index (χ1v) is 17.7. The van der Waals surface area contributed by atoms with Gasteiger partial charge < -0.3 is 30.0 Å². The summed E-state index contributed by atoms with van der Waals surface area (Å²) in [6.45, 7) is 5.98. The lowest BCUT2D eigenvalue weighted by molar-refractivity contribution is -0.141. The summed E-state index contributed by atoms with van der Waals surface area (Å²) in [7, 11) is 1.41. The number of ether oxygens (including phenoxy) is 3. The molecule has 0 radical (unpaired) electrons. The molecule has 3 aromatic carbocycles. The molecule has 1 atom stereocenters. The fraction of sp³-hybridized carbons (Fsp3) is 0.300. The summed E-state index contributed by atoms with van der Waals surface area (Å²) in [5, 5.41) is 15.2. The Morgan fingerprint density at radius 1 is 0.925 bits per heavy atom. The van der Waals surface area contributed by atoms with Crippen molar-refractivity contribution in [3.05, 3.63) is 101 Å². The number of unbranched alkanes of at least 4 members (excludes halogenated alkanes) is 4. The van der Waals surface area contributed by atoms with Gasteiger partial charge in [-0.25, -0.2) is 9.59 Å². The van der Waals surface area contributed by atoms with Gasteiger partial charge in [-0.1, -0.05) is 50.8 Å². The molecule has 278 valence electrons. The second-order valence-electron chi connectivity index (χ2n) is 11.8. The van der Waals surface area contributed by atoms with Crippen molar-refractivity contribution in [1.29, 1.82) is 0 Å². The largest absolute Gasteiger partial charge is 0.494 e. The number of carbonyl (C=O) groups is 4. The Morgan fingerprint density at radius 3 is 2.36 bits per heavy atom. The third kappa shape index (κ3) is 12.6. The summed E-state index contributed by atoms with van der Waals surface area (Å²) < 4.78 is 25.1. The molecule has 13 heteroatoms. The SMILES string of the molecule is C#C.CCCCCCCOc1ccc(C(=O)Oc2ccc(CC(NC(=O)/C(C)=C/C=C(\C)NC(=O)c3cccc4nsnc34)C(=O)O)cc2OC)cc1. The van der Waals surface area contributed by atoms with E-state index in [0.29, 0.717) is 45.8 Å². The number of aliphatic carboxylic acids is 1. The van der Waals surface area contributed by atoms with Gasteiger partial charge in [-0.15, -0.1) is 12.8 Å². The Balaban J connectivity index is 0.00000372. The highest BCUT2D eigenvalue weighted by atomic mass is 32.1. The van der Waals surface area contributed by atoms with Crippen LogP contribution in [0.5, 0.6) is 17.2 Å². The van der Waals surface area contributed by atoms with Gasteiger partial charge in [0.1, 0.15) is 22.8 Å². The van der Waals surface area contributed by atoms with Crippen LogP contribution in [0.4, 0.5) is 0 Å². The topological polar surface area (TPSA) is 166 Å². The molecular weight excluding hydrogens is 697 g/mol. The highest BCUT2D eigenvalue weighted by Gasteiger charge is 2.22. The van der Waals surface area contributed by atoms with E-state index in [2.05, 4.69) is 39.2 Å². The van der Waals surface area contributed by atoms with E-state index in [1.54, 1.807) is 67.6 Å². The minimum absolute atomic E-state index is 0.0685. The van der Waals surface area contributed by atoms with Gasteiger partial charge in [-0.05, 0) is 80.4 Å². The van der Waals surface area contributed by atoms with Crippen molar-refractivity contribution in [3.8, 4) is 30.1 Å². The molecule has 12 nitrogen and oxygen atoms in total. The van der Waals surface area contributed by atoms with Gasteiger partial charge in [0.15, 0.2) is 11.5 Å². The number of hydrogen-bond acceptors (Lipinski definition) is 10. The maximum Gasteiger partial charge on any atom is 0.343 e. The van der Waals surface area contributed by atoms with E-state index in [-0.39, 0.29) is 29.4 Å². The normalized spacial score (nSPS) is 11.8. The first-order chi connectivity index (χ1) is 25.6. The van der Waals surface area contributed by atoms with Gasteiger partial charge in [-0.3, -0.25) is 9.59 Å². The maximum atomic E-state index is 12.9. The van der Waals surface area contributed by atoms with Crippen LogP contribution < -0.4 is 24.8 Å². The molecule has 3 N–H and O–H groups in total. The smallest absolute Gasteiger partial charge is 0.343 e. The molecule has 0 fully saturated rings. The second kappa shape index (κ2) is 21.4. The summed E-state index contributed by atoms with van der Waals surface area (Å²) >= 11 is 1.02. The quantitative estimate of drug-likeness (QED) is 0.0244. The second-order valence-corrected chi connectivity index (χ2v) is 12.3. The number of rotatable bonds is 18. The number of aromatic nitrogens is 2. The van der Waals surface area contributed by atoms with Crippen LogP contribution in [0, 0.1) is 12.8 Å². The van der Waals surface area contributed by atoms with Gasteiger partial charge in [0, 0.05) is 17.7 Å². The fourth-order valence-corrected chi connectivity index (χ4v) is 5.53. The third-order valence-corrected chi connectivity index (χ3v) is 8.41. The summed E-state index contributed by atoms with van der Waals surface area (Å²) in [6, 6.07) is 15.2. The molecule has 0 aliphatic heterocycles. The zero-order valence-electron chi connectivity index (χ0n) is 30.2. The minimum Gasteiger partial charge on any atom is -0.494 e. The molecule has 0 bridgehead atoms. The van der Waals surface area contributed by atoms with E-state index >= 15 is 0 Å². The molecular formula is C40H44N4O8S. The number of allylic oxidation sites excluding steroid dienone is 3. The van der Waals surface area contributed by atoms with Crippen molar-refractivity contribution in [1.82, 2.24) is 19.4 Å². The fourth-order valence-electron chi connectivity index (χ4n) is 4.98. The van der Waals surface area contributed by atoms with Crippen LogP contribution in [0.1, 0.15) is 79.2 Å². The van der Waals surface area contributed by atoms with Gasteiger partial charge >= 0.3 is 11.9 Å². The van der Waals surface area contributed by atoms with Crippen LogP contribution in [0.3, 0.4) is 0 Å². The number of carboxylic acid groups (broad SMARTS) is 1. The Bertz CT molecular complexity index is 1950. The van der Waals surface area contributed by atoms with Crippen molar-refractivity contribution >= 4 is 46.5 Å². The van der Waals surface area contributed by atoms with Crippen molar-refractivity contribution < 1.29 is 38.5 Å². The van der Waals surface area contributed by atoms with Crippen LogP contribution in [0.2, 0.25) is 0 Å². The molecule has 0 aliphatic rings. The van der Waals surface area contributed by atoms with E-state index in [1.807, 2.05) is 0 Å². The molecule has 4 rings (SSSR count). The number of terminal acetylenes is 1. The van der Waals surface area contributed by atoms with Gasteiger partial charge in [0.25, 0.3) is 5.91 Å². The Kier molecular flexibility index (Phi) is 16.7. The Hall–Kier alpha value is -6.00. The van der Waals surface area contributed by atoms with E-state index < -0.39 is 23.9 Å². The summed E-state index contributed by atoms with van der Waals surface area (Å²) in [5.74, 6) is -1.76. The number of amides is 2. The predicted molar refractivity (Wildman–Crippen MR) is 204 cm³/mol. The summed E-state index contributed by atoms with van der Waals surface area (Å²) in [6.07, 6.45) is 16.7. The van der Waals surface area contributed by atoms with E-state index in [1.165, 1.54) is 45.4 Å². The number of esters is 1. The minimum atomic E-state index is -1.27. The molecule has 0 saturated heterocycles. The van der Waals surface area contributed by atoms with Crippen LogP contribution in [0.15, 0.2) is 84.1 Å². The van der Waals surface area contributed by atoms with Crippen molar-refractivity contribution in [2.24, 2.45) is 0 Å². The first kappa shape index (κ1) is 41.4. The number of hydrogen-bond donors (Lipinski definition) is 3. The number of fused-ring (bicyclic) bond motifs is 1. The number of carbonyl (C=O) groups excluding carboxylic acids is 3. The zero-order valence-corrected chi connectivity index (χ0v) is 31.0. The lowest BCUT2D eigenvalue weighted by Gasteiger charge is -2.16. The average molecular weight is 741 g/mol. The molecule has 2 amide bonds. The van der Waals surface area contributed by atoms with Crippen molar-refractivity contribution in [2.75, 3.05) is 13.7 Å². The number of carboxylic acids is 1. The lowest BCUT2D eigenvalue weighted by atomic mass is 10.0. The van der Waals surface area contributed by atoms with Crippen LogP contribution in [-0.2, 0) is 16.0 Å². The molecule has 53 heavy (non-hydrogen) atoms. The van der Waals surface area contributed by atoms with Crippen LogP contribution in [0.25, 0.3) is 11.0 Å². The summed E-state index contributed by atoms with van der Waals surface area (Å²) in [5.41, 5.74) is 3.04. The van der Waals surface area contributed by atoms with Crippen molar-refractivity contribution in [2.45, 2.75) is 65.3 Å². The highest BCUT2D eigenvalue weighted by molar-refractivity contribution is 7.00. The Labute approximate surface area is 313 Å². The van der Waals surface area contributed by atoms with Gasteiger partial charge in [-0.2, -0.15) is 8.75 Å². The molecule has 0 saturated carbocycles. The summed E-state index contributed by atoms with van der Waals surface area (Å²) in [4.78, 5) is 50.7. The number of benzene rings is 3. The molecule has 1 aromatic heterocycles. The third-order valence-electron chi connectivity index (χ3n) is 7.86. The lowest BCUT2D eigenvalue weighted by Crippen LogP contribution is -2.42. The van der Waals surface area contributed by atoms with E-state index in [9.17, 15) is 24.3 Å². The highest BCUT2D eigenvalue weighted by Crippen LogP contribution is 2.30. The molecule has 4 aromatic rings. The Morgan fingerprint density at radius 2 is 1.66 bits per heavy atom. The van der Waals surface area contributed by atoms with Crippen LogP contribution in [-0.4, -0.2) is 57.4 Å². The molecule has 1 unspecified atom stereocenters. The van der Waals surface area contributed by atoms with E-state index in [4.69, 9.17) is 14.2 Å². The number of methoxy groups -OCH3 is 1. The molecule has 0 spiro atoms. The predicted octanol–water partition coefficient (Wildman–Crippen LogP) is 6.91. The van der Waals surface area contributed by atoms with Crippen molar-refractivity contribution in [3.63, 3.8) is 0 Å². The monoisotopic (exact) mass is 740 g/mol. The van der Waals surface area contributed by atoms with E-state index in [0.717, 1.165) is 24.6 Å². The maximum absolute atomic E-state index is 12.9. The average Bonchev–Trinajstić information content (AvgIpc) is 3.66. The molecule has 1 heterocycles. The zero-order chi connectivity index (χ0) is 38.8. The number of nitrogens with zero attached hydrogens (tertiary/aromatic N) is 2. The molecule has 0 aliphatic carbocycles.